The van der Waals surface area contributed by atoms with Crippen LogP contribution in [0.1, 0.15) is 63.0 Å². The van der Waals surface area contributed by atoms with E-state index in [2.05, 4.69) is 0 Å². The molecule has 0 radical (unpaired) electrons. The van der Waals surface area contributed by atoms with Crippen LogP contribution < -0.4 is 15.2 Å². The highest BCUT2D eigenvalue weighted by atomic mass is 16.5. The van der Waals surface area contributed by atoms with Crippen molar-refractivity contribution in [1.82, 2.24) is 9.80 Å². The molecule has 3 rings (SSSR count). The number of ether oxygens (including phenoxy) is 2. The van der Waals surface area contributed by atoms with E-state index in [4.69, 9.17) is 15.2 Å². The van der Waals surface area contributed by atoms with Gasteiger partial charge in [0.15, 0.2) is 0 Å². The molecule has 1 saturated carbocycles. The highest BCUT2D eigenvalue weighted by Gasteiger charge is 2.33. The summed E-state index contributed by atoms with van der Waals surface area (Å²) in [6.45, 7) is 1.79. The lowest BCUT2D eigenvalue weighted by atomic mass is 9.87. The summed E-state index contributed by atoms with van der Waals surface area (Å²) in [6, 6.07) is 5.66. The first-order valence-corrected chi connectivity index (χ1v) is 11.5. The molecule has 2 amide bonds. The highest BCUT2D eigenvalue weighted by molar-refractivity contribution is 5.81. The van der Waals surface area contributed by atoms with Crippen molar-refractivity contribution in [2.24, 2.45) is 11.7 Å². The second kappa shape index (κ2) is 11.4. The van der Waals surface area contributed by atoms with E-state index in [1.54, 1.807) is 14.2 Å². The van der Waals surface area contributed by atoms with Gasteiger partial charge in [-0.15, -0.1) is 0 Å². The van der Waals surface area contributed by atoms with E-state index < -0.39 is 0 Å². The smallest absolute Gasteiger partial charge is 0.237 e. The molecule has 2 aliphatic rings. The Morgan fingerprint density at radius 3 is 2.52 bits per heavy atom. The standard InChI is InChI=1S/C24H37N3O4/c1-30-19-10-11-22(31-2)20(15-19)21-9-6-13-27(21)24(29)17-26(16-23(25)28)14-12-18-7-4-3-5-8-18/h10-11,15,18,21H,3-9,12-14,16-17H2,1-2H3,(H2,25,28). The monoisotopic (exact) mass is 431 g/mol. The van der Waals surface area contributed by atoms with Crippen LogP contribution in [0, 0.1) is 5.92 Å². The average Bonchev–Trinajstić information content (AvgIpc) is 3.27. The Morgan fingerprint density at radius 2 is 1.84 bits per heavy atom. The number of hydrogen-bond acceptors (Lipinski definition) is 5. The van der Waals surface area contributed by atoms with Crippen LogP contribution in [0.4, 0.5) is 0 Å². The number of hydrogen-bond donors (Lipinski definition) is 1. The van der Waals surface area contributed by atoms with E-state index >= 15 is 0 Å². The molecule has 31 heavy (non-hydrogen) atoms. The van der Waals surface area contributed by atoms with Crippen LogP contribution in [0.3, 0.4) is 0 Å². The van der Waals surface area contributed by atoms with Gasteiger partial charge in [-0.3, -0.25) is 14.5 Å². The zero-order valence-corrected chi connectivity index (χ0v) is 19.0. The number of likely N-dealkylation sites (tertiary alicyclic amines) is 1. The summed E-state index contributed by atoms with van der Waals surface area (Å²) < 4.78 is 10.9. The minimum absolute atomic E-state index is 0.0391. The fourth-order valence-corrected chi connectivity index (χ4v) is 5.05. The van der Waals surface area contributed by atoms with Gasteiger partial charge in [-0.1, -0.05) is 32.1 Å². The molecule has 1 heterocycles. The first kappa shape index (κ1) is 23.4. The molecule has 0 aromatic heterocycles. The Morgan fingerprint density at radius 1 is 1.06 bits per heavy atom. The van der Waals surface area contributed by atoms with Gasteiger partial charge in [0.05, 0.1) is 33.4 Å². The van der Waals surface area contributed by atoms with Crippen molar-refractivity contribution < 1.29 is 19.1 Å². The van der Waals surface area contributed by atoms with Crippen LogP contribution in [0.15, 0.2) is 18.2 Å². The molecule has 0 bridgehead atoms. The van der Waals surface area contributed by atoms with E-state index in [0.717, 1.165) is 42.9 Å². The number of amides is 2. The Balaban J connectivity index is 1.68. The van der Waals surface area contributed by atoms with Gasteiger partial charge in [0.25, 0.3) is 0 Å². The van der Waals surface area contributed by atoms with Crippen molar-refractivity contribution in [1.29, 1.82) is 0 Å². The Labute approximate surface area is 185 Å². The number of carbonyl (C=O) groups is 2. The zero-order valence-electron chi connectivity index (χ0n) is 19.0. The van der Waals surface area contributed by atoms with Gasteiger partial charge in [-0.05, 0) is 49.9 Å². The highest BCUT2D eigenvalue weighted by Crippen LogP contribution is 2.39. The number of nitrogens with zero attached hydrogens (tertiary/aromatic N) is 2. The molecular formula is C24H37N3O4. The summed E-state index contributed by atoms with van der Waals surface area (Å²) in [6.07, 6.45) is 9.25. The third kappa shape index (κ3) is 6.35. The minimum Gasteiger partial charge on any atom is -0.497 e. The minimum atomic E-state index is -0.385. The Kier molecular flexibility index (Phi) is 8.58. The van der Waals surface area contributed by atoms with Gasteiger partial charge in [0, 0.05) is 12.1 Å². The zero-order chi connectivity index (χ0) is 22.2. The van der Waals surface area contributed by atoms with Gasteiger partial charge in [-0.2, -0.15) is 0 Å². The number of nitrogens with two attached hydrogens (primary N) is 1. The molecule has 1 saturated heterocycles. The molecule has 7 heteroatoms. The molecule has 0 spiro atoms. The third-order valence-electron chi connectivity index (χ3n) is 6.69. The fourth-order valence-electron chi connectivity index (χ4n) is 5.05. The molecular weight excluding hydrogens is 394 g/mol. The van der Waals surface area contributed by atoms with Crippen LogP contribution in [0.25, 0.3) is 0 Å². The molecule has 2 N–H and O–H groups in total. The van der Waals surface area contributed by atoms with Crippen molar-refractivity contribution in [2.75, 3.05) is 40.4 Å². The van der Waals surface area contributed by atoms with E-state index in [-0.39, 0.29) is 30.9 Å². The molecule has 172 valence electrons. The van der Waals surface area contributed by atoms with Crippen molar-refractivity contribution in [3.8, 4) is 11.5 Å². The number of primary amides is 1. The van der Waals surface area contributed by atoms with Gasteiger partial charge in [0.1, 0.15) is 11.5 Å². The van der Waals surface area contributed by atoms with E-state index in [1.165, 1.54) is 32.1 Å². The van der Waals surface area contributed by atoms with Crippen LogP contribution in [-0.4, -0.2) is 62.0 Å². The van der Waals surface area contributed by atoms with Gasteiger partial charge in [0.2, 0.25) is 11.8 Å². The summed E-state index contributed by atoms with van der Waals surface area (Å²) >= 11 is 0. The lowest BCUT2D eigenvalue weighted by molar-refractivity contribution is -0.134. The van der Waals surface area contributed by atoms with Crippen molar-refractivity contribution >= 4 is 11.8 Å². The van der Waals surface area contributed by atoms with Crippen molar-refractivity contribution in [3.05, 3.63) is 23.8 Å². The van der Waals surface area contributed by atoms with Crippen LogP contribution in [0.2, 0.25) is 0 Å². The Bertz CT molecular complexity index is 748. The third-order valence-corrected chi connectivity index (χ3v) is 6.69. The predicted octanol–water partition coefficient (Wildman–Crippen LogP) is 3.13. The van der Waals surface area contributed by atoms with Gasteiger partial charge in [-0.25, -0.2) is 0 Å². The van der Waals surface area contributed by atoms with Crippen molar-refractivity contribution in [2.45, 2.75) is 57.4 Å². The lowest BCUT2D eigenvalue weighted by Gasteiger charge is -2.30. The van der Waals surface area contributed by atoms with Gasteiger partial charge >= 0.3 is 0 Å². The molecule has 1 aromatic carbocycles. The summed E-state index contributed by atoms with van der Waals surface area (Å²) in [4.78, 5) is 28.8. The fraction of sp³-hybridized carbons (Fsp3) is 0.667. The van der Waals surface area contributed by atoms with E-state index in [0.29, 0.717) is 12.5 Å². The first-order chi connectivity index (χ1) is 15.0. The normalized spacial score (nSPS) is 19.6. The van der Waals surface area contributed by atoms with Crippen LogP contribution >= 0.6 is 0 Å². The number of methoxy groups -OCH3 is 2. The second-order valence-electron chi connectivity index (χ2n) is 8.82. The first-order valence-electron chi connectivity index (χ1n) is 11.5. The molecule has 2 fully saturated rings. The average molecular weight is 432 g/mol. The molecule has 1 aliphatic carbocycles. The maximum absolute atomic E-state index is 13.3. The van der Waals surface area contributed by atoms with Crippen molar-refractivity contribution in [3.63, 3.8) is 0 Å². The molecule has 1 unspecified atom stereocenters. The number of carbonyl (C=O) groups excluding carboxylic acids is 2. The summed E-state index contributed by atoms with van der Waals surface area (Å²) in [5.41, 5.74) is 6.45. The molecule has 1 aromatic rings. The lowest BCUT2D eigenvalue weighted by Crippen LogP contribution is -2.44. The molecule has 7 nitrogen and oxygen atoms in total. The van der Waals surface area contributed by atoms with Crippen LogP contribution in [0.5, 0.6) is 11.5 Å². The largest absolute Gasteiger partial charge is 0.497 e. The van der Waals surface area contributed by atoms with E-state index in [1.807, 2.05) is 28.0 Å². The quantitative estimate of drug-likeness (QED) is 0.615. The maximum atomic E-state index is 13.3. The topological polar surface area (TPSA) is 85.1 Å². The SMILES string of the molecule is COc1ccc(OC)c(C2CCCN2C(=O)CN(CCC2CCCCC2)CC(N)=O)c1. The summed E-state index contributed by atoms with van der Waals surface area (Å²) in [5.74, 6) is 1.86. The van der Waals surface area contributed by atoms with E-state index in [9.17, 15) is 9.59 Å². The van der Waals surface area contributed by atoms with Crippen LogP contribution in [-0.2, 0) is 9.59 Å². The van der Waals surface area contributed by atoms with Gasteiger partial charge < -0.3 is 20.1 Å². The maximum Gasteiger partial charge on any atom is 0.237 e. The molecule has 1 atom stereocenters. The number of rotatable bonds is 10. The Hall–Kier alpha value is -2.28. The number of benzene rings is 1. The predicted molar refractivity (Wildman–Crippen MR) is 120 cm³/mol. The summed E-state index contributed by atoms with van der Waals surface area (Å²) in [5, 5.41) is 0. The summed E-state index contributed by atoms with van der Waals surface area (Å²) in [7, 11) is 3.28. The molecule has 1 aliphatic heterocycles. The second-order valence-corrected chi connectivity index (χ2v) is 8.82.